The van der Waals surface area contributed by atoms with Gasteiger partial charge in [0.1, 0.15) is 63.9 Å². The lowest BCUT2D eigenvalue weighted by molar-refractivity contribution is -0.117. The molecule has 11 rings (SSSR count). The van der Waals surface area contributed by atoms with E-state index in [0.717, 1.165) is 68.0 Å². The van der Waals surface area contributed by atoms with Crippen molar-refractivity contribution in [3.05, 3.63) is 155 Å². The van der Waals surface area contributed by atoms with Gasteiger partial charge in [-0.1, -0.05) is 19.7 Å². The summed E-state index contributed by atoms with van der Waals surface area (Å²) >= 11 is 0. The van der Waals surface area contributed by atoms with Crippen molar-refractivity contribution in [1.29, 1.82) is 0 Å². The number of imidazole rings is 2. The van der Waals surface area contributed by atoms with Crippen LogP contribution in [0.3, 0.4) is 0 Å². The summed E-state index contributed by atoms with van der Waals surface area (Å²) in [6, 6.07) is 6.33. The van der Waals surface area contributed by atoms with Crippen molar-refractivity contribution in [3.8, 4) is 0 Å². The molecule has 0 fully saturated rings. The molecule has 25 nitrogen and oxygen atoms in total. The molecule has 2 amide bonds. The van der Waals surface area contributed by atoms with Crippen LogP contribution < -0.4 is 21.5 Å². The number of carbonyl (C=O) groups is 3. The Morgan fingerprint density at radius 2 is 1.04 bits per heavy atom. The van der Waals surface area contributed by atoms with E-state index >= 15 is 0 Å². The molecular weight excluding hydrogens is 1150 g/mol. The SMILES string of the molecule is C=C1N=C(C)C(C)=CN1C(C)C.C=C1NC(=O)C(C)=CN1C(C)C.C=C1NC(=O)c2ncn(C(C)C)c2N1.CC(=O)c1ncn(C(C)C)n1.Cc1nc(C)c2ccn(C(C)C)c2n1.Cc1nc(C)c2ncn(C(C)C)c2n1.Cc1nc2c(ccn2C(C)C)c(=O)[nH]1. The number of H-pyrrole nitrogens is 1. The highest BCUT2D eigenvalue weighted by Gasteiger charge is 2.25. The fourth-order valence-corrected chi connectivity index (χ4v) is 9.24. The van der Waals surface area contributed by atoms with E-state index in [9.17, 15) is 19.2 Å². The summed E-state index contributed by atoms with van der Waals surface area (Å²) < 4.78 is 9.81. The number of Topliss-reactive ketones (excluding diaryl/α,β-unsaturated/α-hetero) is 1. The number of ketones is 1. The highest BCUT2D eigenvalue weighted by Crippen LogP contribution is 2.25. The molecule has 0 bridgehead atoms. The monoisotopic (exact) mass is 1250 g/mol. The lowest BCUT2D eigenvalue weighted by atomic mass is 10.2. The summed E-state index contributed by atoms with van der Waals surface area (Å²) in [6.45, 7) is 57.3. The van der Waals surface area contributed by atoms with Crippen molar-refractivity contribution in [2.45, 2.75) is 202 Å². The van der Waals surface area contributed by atoms with E-state index in [-0.39, 0.29) is 35.2 Å². The zero-order valence-corrected chi connectivity index (χ0v) is 57.6. The Labute approximate surface area is 534 Å². The van der Waals surface area contributed by atoms with Crippen LogP contribution in [-0.4, -0.2) is 118 Å². The summed E-state index contributed by atoms with van der Waals surface area (Å²) in [5, 5.41) is 14.0. The van der Waals surface area contributed by atoms with Crippen LogP contribution in [0, 0.1) is 34.6 Å². The van der Waals surface area contributed by atoms with E-state index in [1.54, 1.807) is 37.3 Å². The predicted molar refractivity (Wildman–Crippen MR) is 362 cm³/mol. The molecule has 11 heterocycles. The largest absolute Gasteiger partial charge is 0.332 e. The van der Waals surface area contributed by atoms with Crippen LogP contribution >= 0.6 is 0 Å². The summed E-state index contributed by atoms with van der Waals surface area (Å²) in [7, 11) is 0. The third-order valence-corrected chi connectivity index (χ3v) is 14.3. The molecule has 0 saturated heterocycles. The molecule has 0 aliphatic carbocycles. The van der Waals surface area contributed by atoms with Gasteiger partial charge in [0.15, 0.2) is 17.1 Å². The molecule has 0 aromatic carbocycles. The van der Waals surface area contributed by atoms with Crippen molar-refractivity contribution < 1.29 is 14.4 Å². The number of aliphatic imine (C=N–C) groups is 1. The quantitative estimate of drug-likeness (QED) is 0.103. The number of carbonyl (C=O) groups excluding carboxylic acids is 3. The van der Waals surface area contributed by atoms with E-state index in [2.05, 4.69) is 185 Å². The van der Waals surface area contributed by atoms with Crippen LogP contribution in [0.5, 0.6) is 0 Å². The van der Waals surface area contributed by atoms with Crippen LogP contribution in [0.15, 0.2) is 114 Å². The zero-order valence-electron chi connectivity index (χ0n) is 57.6. The first-order chi connectivity index (χ1) is 42.5. The van der Waals surface area contributed by atoms with E-state index < -0.39 is 0 Å². The summed E-state index contributed by atoms with van der Waals surface area (Å²) in [4.78, 5) is 89.9. The van der Waals surface area contributed by atoms with Gasteiger partial charge in [0.25, 0.3) is 17.4 Å². The third-order valence-electron chi connectivity index (χ3n) is 14.3. The Bertz CT molecular complexity index is 4000. The molecule has 91 heavy (non-hydrogen) atoms. The standard InChI is InChI=1S/C11H15N3.C10H14N4.C10H13N3O.C10H16N2.C9H12N4O.C9H14N2O.C7H11N3O/c1-7(2)14-6-5-10-8(3)12-9(4)13-11(10)14;1-6(2)14-5-11-9-7(3)12-8(4)13-10(9)14;1-6(2)13-5-4-8-9(13)11-7(3)12-10(8)14;1-7(2)12-6-8(3)9(4)11-10(12)5;1-5(2)13-4-10-7-8(13)11-6(3)12-9(7)14;1-6(2)11-5-7(3)9(12)10-8(11)4;1-5(2)10-4-8-7(9-10)6(3)11/h5-7H,1-4H3;5-6H,1-4H3;4-6H,1-3H3,(H,11,12,14);6-7H,5H2,1-4H3;4-5,11H,3H2,1-2H3,(H,12,14);5-6H,4H2,1-3H3,(H,10,12);4-5H,1-3H3. The van der Waals surface area contributed by atoms with Gasteiger partial charge >= 0.3 is 0 Å². The van der Waals surface area contributed by atoms with Crippen LogP contribution in [0.1, 0.15) is 205 Å². The van der Waals surface area contributed by atoms with Gasteiger partial charge < -0.3 is 49.0 Å². The number of hydrogen-bond donors (Lipinski definition) is 4. The molecule has 488 valence electrons. The Balaban J connectivity index is 0.000000193. The maximum atomic E-state index is 11.5. The van der Waals surface area contributed by atoms with Gasteiger partial charge in [0.05, 0.1) is 29.4 Å². The molecule has 0 spiro atoms. The lowest BCUT2D eigenvalue weighted by Gasteiger charge is -2.31. The molecule has 25 heteroatoms. The lowest BCUT2D eigenvalue weighted by Crippen LogP contribution is -2.40. The van der Waals surface area contributed by atoms with E-state index in [1.807, 2.05) is 109 Å². The summed E-state index contributed by atoms with van der Waals surface area (Å²) in [5.41, 5.74) is 9.03. The molecule has 4 N–H and O–H groups in total. The first kappa shape index (κ1) is 72.1. The third kappa shape index (κ3) is 18.5. The van der Waals surface area contributed by atoms with Crippen molar-refractivity contribution in [3.63, 3.8) is 0 Å². The second-order valence-electron chi connectivity index (χ2n) is 24.2. The van der Waals surface area contributed by atoms with Gasteiger partial charge in [-0.05, 0) is 170 Å². The van der Waals surface area contributed by atoms with Crippen LogP contribution in [-0.2, 0) is 4.79 Å². The second kappa shape index (κ2) is 31.2. The van der Waals surface area contributed by atoms with Gasteiger partial charge in [-0.2, -0.15) is 0 Å². The molecule has 0 unspecified atom stereocenters. The first-order valence-electron chi connectivity index (χ1n) is 30.5. The average molecular weight is 1250 g/mol. The van der Waals surface area contributed by atoms with Gasteiger partial charge in [-0.3, -0.25) is 19.2 Å². The number of aromatic nitrogens is 15. The maximum Gasteiger partial charge on any atom is 0.279 e. The minimum atomic E-state index is -0.205. The van der Waals surface area contributed by atoms with Gasteiger partial charge in [0, 0.05) is 90.7 Å². The molecule has 0 radical (unpaired) electrons. The number of amides is 2. The molecule has 0 saturated carbocycles. The van der Waals surface area contributed by atoms with E-state index in [0.29, 0.717) is 70.4 Å². The van der Waals surface area contributed by atoms with Crippen LogP contribution in [0.2, 0.25) is 0 Å². The molecule has 3 aliphatic rings. The number of rotatable bonds is 8. The molecule has 0 atom stereocenters. The normalized spacial score (nSPS) is 13.6. The molecular formula is C66H95N21O4. The average Bonchev–Trinajstić information content (AvgIpc) is 1.72. The molecule has 3 aliphatic heterocycles. The Kier molecular flexibility index (Phi) is 24.7. The van der Waals surface area contributed by atoms with Crippen molar-refractivity contribution in [2.75, 3.05) is 5.32 Å². The fourth-order valence-electron chi connectivity index (χ4n) is 9.24. The highest BCUT2D eigenvalue weighted by atomic mass is 16.2. The number of aryl methyl sites for hydroxylation is 5. The fraction of sp³-hybridized carbons (Fsp3) is 0.455. The topological polar surface area (TPSA) is 280 Å². The van der Waals surface area contributed by atoms with E-state index in [4.69, 9.17) is 0 Å². The number of anilines is 1. The number of nitrogens with one attached hydrogen (secondary N) is 4. The summed E-state index contributed by atoms with van der Waals surface area (Å²) in [6.07, 6.45) is 13.0. The number of fused-ring (bicyclic) bond motifs is 4. The number of allylic oxidation sites excluding steroid dienone is 1. The zero-order chi connectivity index (χ0) is 68.2. The minimum absolute atomic E-state index is 0.0584. The van der Waals surface area contributed by atoms with Crippen molar-refractivity contribution >= 4 is 62.4 Å². The second-order valence-corrected chi connectivity index (χ2v) is 24.2. The smallest absolute Gasteiger partial charge is 0.279 e. The minimum Gasteiger partial charge on any atom is -0.332 e. The first-order valence-corrected chi connectivity index (χ1v) is 30.5. The summed E-state index contributed by atoms with van der Waals surface area (Å²) in [5.74, 6) is 4.94. The van der Waals surface area contributed by atoms with Gasteiger partial charge in [-0.15, -0.1) is 5.10 Å². The molecule has 8 aromatic rings. The number of nitrogens with zero attached hydrogens (tertiary/aromatic N) is 17. The van der Waals surface area contributed by atoms with Crippen LogP contribution in [0.25, 0.3) is 33.2 Å². The highest BCUT2D eigenvalue weighted by molar-refractivity contribution is 6.01. The molecule has 8 aromatic heterocycles. The Morgan fingerprint density at radius 1 is 0.516 bits per heavy atom. The maximum absolute atomic E-state index is 11.5. The number of aromatic amines is 1. The number of hydrogen-bond acceptors (Lipinski definition) is 17. The van der Waals surface area contributed by atoms with Crippen LogP contribution in [0.4, 0.5) is 5.82 Å². The van der Waals surface area contributed by atoms with Gasteiger partial charge in [0.2, 0.25) is 5.82 Å². The predicted octanol–water partition coefficient (Wildman–Crippen LogP) is 12.2. The van der Waals surface area contributed by atoms with Crippen molar-refractivity contribution in [2.24, 2.45) is 4.99 Å². The Hall–Kier alpha value is -9.68. The van der Waals surface area contributed by atoms with E-state index in [1.165, 1.54) is 12.5 Å². The Morgan fingerprint density at radius 3 is 1.57 bits per heavy atom. The van der Waals surface area contributed by atoms with Gasteiger partial charge in [-0.25, -0.2) is 49.5 Å². The van der Waals surface area contributed by atoms with Crippen molar-refractivity contribution in [1.82, 2.24) is 93.3 Å².